The molecule has 2 aromatic rings. The van der Waals surface area contributed by atoms with Crippen LogP contribution in [0.15, 0.2) is 60.3 Å². The van der Waals surface area contributed by atoms with Crippen molar-refractivity contribution >= 4 is 32.3 Å². The number of fused-ring (bicyclic) bond motifs is 5. The predicted octanol–water partition coefficient (Wildman–Crippen LogP) is 1.07. The fraction of sp³-hybridized carbons (Fsp3) is 0. The first-order valence-electron chi connectivity index (χ1n) is 5.98. The molecule has 0 saturated carbocycles. The Balaban J connectivity index is 2.17. The summed E-state index contributed by atoms with van der Waals surface area (Å²) in [5, 5.41) is 3.28. The fourth-order valence-corrected chi connectivity index (χ4v) is 12.0. The SMILES string of the molecule is C1=C[Si]2([SiH]=C1)c1ccccc1-c1ccccc12. The lowest BCUT2D eigenvalue weighted by molar-refractivity contribution is 1.71. The molecule has 0 aliphatic carbocycles. The monoisotopic (exact) mass is 248 g/mol. The minimum atomic E-state index is -1.46. The molecule has 0 radical (unpaired) electrons. The Kier molecular flexibility index (Phi) is 1.82. The van der Waals surface area contributed by atoms with Gasteiger partial charge in [0, 0.05) is 8.65 Å². The van der Waals surface area contributed by atoms with Gasteiger partial charge in [0.15, 0.2) is 0 Å². The van der Waals surface area contributed by atoms with Crippen molar-refractivity contribution in [2.45, 2.75) is 0 Å². The molecule has 0 unspecified atom stereocenters. The maximum absolute atomic E-state index is 2.53. The Bertz CT molecular complexity index is 609. The molecule has 0 N–H and O–H groups in total. The average molecular weight is 248 g/mol. The second-order valence-electron chi connectivity index (χ2n) is 4.68. The molecule has 0 amide bonds. The van der Waals surface area contributed by atoms with Gasteiger partial charge in [-0.05, 0) is 21.5 Å². The van der Waals surface area contributed by atoms with Crippen LogP contribution in [0.2, 0.25) is 0 Å². The highest BCUT2D eigenvalue weighted by Gasteiger charge is 2.42. The van der Waals surface area contributed by atoms with Gasteiger partial charge in [-0.3, -0.25) is 0 Å². The summed E-state index contributed by atoms with van der Waals surface area (Å²) >= 11 is 0. The van der Waals surface area contributed by atoms with Gasteiger partial charge in [-0.15, -0.1) is 0 Å². The lowest BCUT2D eigenvalue weighted by Gasteiger charge is -2.19. The van der Waals surface area contributed by atoms with Gasteiger partial charge in [0.2, 0.25) is 0 Å². The molecule has 2 aliphatic heterocycles. The lowest BCUT2D eigenvalue weighted by atomic mass is 10.1. The van der Waals surface area contributed by atoms with Crippen LogP contribution in [0.3, 0.4) is 0 Å². The first kappa shape index (κ1) is 9.51. The molecule has 0 atom stereocenters. The van der Waals surface area contributed by atoms with Crippen LogP contribution in [0.25, 0.3) is 11.1 Å². The van der Waals surface area contributed by atoms with E-state index < -0.39 is 7.59 Å². The Morgan fingerprint density at radius 2 is 1.35 bits per heavy atom. The van der Waals surface area contributed by atoms with E-state index in [4.69, 9.17) is 0 Å². The second-order valence-corrected chi connectivity index (χ2v) is 12.3. The number of allylic oxidation sites excluding steroid dienone is 1. The molecule has 0 saturated heterocycles. The van der Waals surface area contributed by atoms with Crippen molar-refractivity contribution in [3.8, 4) is 11.1 Å². The first-order chi connectivity index (χ1) is 8.42. The van der Waals surface area contributed by atoms with Gasteiger partial charge in [0.05, 0.1) is 0 Å². The molecule has 2 aromatic carbocycles. The molecule has 0 aromatic heterocycles. The van der Waals surface area contributed by atoms with Crippen molar-refractivity contribution in [2.24, 2.45) is 0 Å². The largest absolute Gasteiger partial charge is 0.146 e. The van der Waals surface area contributed by atoms with Crippen LogP contribution in [-0.2, 0) is 0 Å². The number of hydrogen-bond acceptors (Lipinski definition) is 0. The second kappa shape index (κ2) is 3.25. The van der Waals surface area contributed by atoms with Crippen molar-refractivity contribution in [3.63, 3.8) is 0 Å². The highest BCUT2D eigenvalue weighted by atomic mass is 29.2. The lowest BCUT2D eigenvalue weighted by Crippen LogP contribution is -2.56. The number of rotatable bonds is 0. The van der Waals surface area contributed by atoms with Crippen molar-refractivity contribution in [3.05, 3.63) is 60.3 Å². The summed E-state index contributed by atoms with van der Waals surface area (Å²) in [5.41, 5.74) is 7.93. The van der Waals surface area contributed by atoms with Crippen molar-refractivity contribution in [2.75, 3.05) is 0 Å². The summed E-state index contributed by atoms with van der Waals surface area (Å²) in [5.74, 6) is 0. The molecule has 80 valence electrons. The van der Waals surface area contributed by atoms with E-state index >= 15 is 0 Å². The first-order valence-corrected chi connectivity index (χ1v) is 10.5. The van der Waals surface area contributed by atoms with Crippen LogP contribution in [0.4, 0.5) is 0 Å². The highest BCUT2D eigenvalue weighted by Crippen LogP contribution is 2.27. The van der Waals surface area contributed by atoms with E-state index in [-0.39, 0.29) is 0 Å². The normalized spacial score (nSPS) is 17.4. The molecule has 17 heavy (non-hydrogen) atoms. The molecule has 0 nitrogen and oxygen atoms in total. The molecule has 2 aliphatic rings. The maximum atomic E-state index is 2.53. The Labute approximate surface area is 104 Å². The van der Waals surface area contributed by atoms with Crippen LogP contribution in [0.5, 0.6) is 0 Å². The summed E-state index contributed by atoms with van der Waals surface area (Å²) in [4.78, 5) is 0. The van der Waals surface area contributed by atoms with Crippen molar-refractivity contribution in [1.82, 2.24) is 0 Å². The van der Waals surface area contributed by atoms with E-state index in [1.807, 2.05) is 0 Å². The molecule has 2 heteroatoms. The van der Waals surface area contributed by atoms with Crippen LogP contribution in [-0.4, -0.2) is 21.9 Å². The van der Waals surface area contributed by atoms with Gasteiger partial charge in [-0.2, -0.15) is 0 Å². The smallest absolute Gasteiger partial charge is 0.0874 e. The van der Waals surface area contributed by atoms with E-state index in [1.54, 1.807) is 10.4 Å². The van der Waals surface area contributed by atoms with Crippen LogP contribution in [0, 0.1) is 0 Å². The van der Waals surface area contributed by atoms with Gasteiger partial charge in [0.25, 0.3) is 0 Å². The predicted molar refractivity (Wildman–Crippen MR) is 79.3 cm³/mol. The zero-order chi connectivity index (χ0) is 11.3. The van der Waals surface area contributed by atoms with Gasteiger partial charge in [0.1, 0.15) is 7.59 Å². The summed E-state index contributed by atoms with van der Waals surface area (Å²) in [7, 11) is -1.03. The van der Waals surface area contributed by atoms with Gasteiger partial charge < -0.3 is 0 Å². The van der Waals surface area contributed by atoms with Crippen LogP contribution in [0.1, 0.15) is 0 Å². The minimum absolute atomic E-state index is 0.434. The average Bonchev–Trinajstić information content (AvgIpc) is 2.98. The van der Waals surface area contributed by atoms with Crippen LogP contribution >= 0.6 is 0 Å². The Hall–Kier alpha value is -1.52. The van der Waals surface area contributed by atoms with Gasteiger partial charge in [-0.25, -0.2) is 0 Å². The zero-order valence-electron chi connectivity index (χ0n) is 9.43. The standard InChI is InChI=1S/C15H12Si2/c1-3-8-14-12(6-1)13-7-2-4-9-15(13)17(14)11-5-10-16-17/h1-11,16H. The third kappa shape index (κ3) is 1.09. The molecule has 0 fully saturated rings. The summed E-state index contributed by atoms with van der Waals surface area (Å²) < 4.78 is 0. The fourth-order valence-electron chi connectivity index (χ4n) is 3.13. The van der Waals surface area contributed by atoms with Gasteiger partial charge in [-0.1, -0.05) is 66.0 Å². The molecule has 4 rings (SSSR count). The van der Waals surface area contributed by atoms with Crippen molar-refractivity contribution in [1.29, 1.82) is 0 Å². The van der Waals surface area contributed by atoms with Crippen LogP contribution < -0.4 is 10.4 Å². The molecule has 0 bridgehead atoms. The summed E-state index contributed by atoms with van der Waals surface area (Å²) in [6.45, 7) is 0. The number of benzene rings is 2. The Morgan fingerprint density at radius 3 is 1.88 bits per heavy atom. The molecular formula is C15H12Si2. The molecule has 1 spiro atoms. The van der Waals surface area contributed by atoms with E-state index in [0.29, 0.717) is 8.65 Å². The van der Waals surface area contributed by atoms with E-state index in [0.717, 1.165) is 0 Å². The summed E-state index contributed by atoms with van der Waals surface area (Å²) in [6.07, 6.45) is 2.31. The highest BCUT2D eigenvalue weighted by molar-refractivity contribution is 7.43. The maximum Gasteiger partial charge on any atom is 0.146 e. The van der Waals surface area contributed by atoms with Crippen molar-refractivity contribution < 1.29 is 0 Å². The molecular weight excluding hydrogens is 236 g/mol. The number of hydrogen-bond donors (Lipinski definition) is 0. The zero-order valence-corrected chi connectivity index (χ0v) is 11.6. The van der Waals surface area contributed by atoms with E-state index in [1.165, 1.54) is 11.1 Å². The van der Waals surface area contributed by atoms with Gasteiger partial charge >= 0.3 is 0 Å². The Morgan fingerprint density at radius 1 is 0.765 bits per heavy atom. The van der Waals surface area contributed by atoms with E-state index in [9.17, 15) is 0 Å². The third-order valence-electron chi connectivity index (χ3n) is 3.86. The molecule has 2 heterocycles. The quantitative estimate of drug-likeness (QED) is 0.612. The topological polar surface area (TPSA) is 0 Å². The van der Waals surface area contributed by atoms with E-state index in [2.05, 4.69) is 66.0 Å². The summed E-state index contributed by atoms with van der Waals surface area (Å²) in [6, 6.07) is 18.0. The third-order valence-corrected chi connectivity index (χ3v) is 12.8. The minimum Gasteiger partial charge on any atom is -0.0874 e.